The molecule has 0 saturated carbocycles. The lowest BCUT2D eigenvalue weighted by atomic mass is 9.96. The highest BCUT2D eigenvalue weighted by atomic mass is 16.5. The van der Waals surface area contributed by atoms with Crippen LogP contribution >= 0.6 is 0 Å². The highest BCUT2D eigenvalue weighted by molar-refractivity contribution is 6.08. The molecule has 2 amide bonds. The molecule has 2 aliphatic rings. The van der Waals surface area contributed by atoms with Crippen LogP contribution in [0, 0.1) is 0 Å². The molecule has 2 heterocycles. The highest BCUT2D eigenvalue weighted by Gasteiger charge is 2.37. The van der Waals surface area contributed by atoms with Crippen molar-refractivity contribution < 1.29 is 19.1 Å². The van der Waals surface area contributed by atoms with Gasteiger partial charge in [-0.3, -0.25) is 9.59 Å². The van der Waals surface area contributed by atoms with Gasteiger partial charge in [0.05, 0.1) is 25.8 Å². The van der Waals surface area contributed by atoms with Gasteiger partial charge in [0.15, 0.2) is 11.5 Å². The van der Waals surface area contributed by atoms with E-state index in [9.17, 15) is 9.59 Å². The van der Waals surface area contributed by atoms with Crippen molar-refractivity contribution in [3.05, 3.63) is 47.0 Å². The molecule has 0 spiro atoms. The predicted molar refractivity (Wildman–Crippen MR) is 103 cm³/mol. The third-order valence-electron chi connectivity index (χ3n) is 5.32. The van der Waals surface area contributed by atoms with Gasteiger partial charge in [0, 0.05) is 17.8 Å². The molecule has 0 unspecified atom stereocenters. The molecule has 0 saturated heterocycles. The molecule has 2 aliphatic heterocycles. The molecule has 27 heavy (non-hydrogen) atoms. The molecule has 6 nitrogen and oxygen atoms in total. The SMILES string of the molecule is COc1ccc(C(=O)Nc2cc3c4c(c2)[C@@H](C)C(=O)N4CCC3)cc1OC. The molecule has 0 fully saturated rings. The number of carbonyl (C=O) groups excluding carboxylic acids is 2. The number of anilines is 2. The number of carbonyl (C=O) groups is 2. The maximum absolute atomic E-state index is 12.7. The summed E-state index contributed by atoms with van der Waals surface area (Å²) in [5, 5.41) is 2.96. The first-order chi connectivity index (χ1) is 13.0. The summed E-state index contributed by atoms with van der Waals surface area (Å²) < 4.78 is 10.5. The normalized spacial score (nSPS) is 17.5. The van der Waals surface area contributed by atoms with Crippen molar-refractivity contribution in [2.75, 3.05) is 31.0 Å². The van der Waals surface area contributed by atoms with E-state index in [1.54, 1.807) is 25.3 Å². The number of ether oxygens (including phenoxy) is 2. The lowest BCUT2D eigenvalue weighted by molar-refractivity contribution is -0.119. The minimum atomic E-state index is -0.229. The smallest absolute Gasteiger partial charge is 0.255 e. The van der Waals surface area contributed by atoms with Gasteiger partial charge in [0.1, 0.15) is 0 Å². The van der Waals surface area contributed by atoms with Gasteiger partial charge in [0.25, 0.3) is 5.91 Å². The summed E-state index contributed by atoms with van der Waals surface area (Å²) >= 11 is 0. The van der Waals surface area contributed by atoms with E-state index in [2.05, 4.69) is 5.32 Å². The lowest BCUT2D eigenvalue weighted by Gasteiger charge is -2.26. The van der Waals surface area contributed by atoms with Crippen LogP contribution in [0.4, 0.5) is 11.4 Å². The van der Waals surface area contributed by atoms with Gasteiger partial charge >= 0.3 is 0 Å². The number of hydrogen-bond donors (Lipinski definition) is 1. The fraction of sp³-hybridized carbons (Fsp3) is 0.333. The Morgan fingerprint density at radius 1 is 1.15 bits per heavy atom. The van der Waals surface area contributed by atoms with Gasteiger partial charge < -0.3 is 19.7 Å². The van der Waals surface area contributed by atoms with Crippen molar-refractivity contribution in [3.63, 3.8) is 0 Å². The molecule has 4 rings (SSSR count). The Kier molecular flexibility index (Phi) is 4.26. The van der Waals surface area contributed by atoms with Crippen LogP contribution in [0.3, 0.4) is 0 Å². The van der Waals surface area contributed by atoms with Gasteiger partial charge in [-0.2, -0.15) is 0 Å². The van der Waals surface area contributed by atoms with Gasteiger partial charge in [0.2, 0.25) is 5.91 Å². The summed E-state index contributed by atoms with van der Waals surface area (Å²) in [5.74, 6) is 0.823. The van der Waals surface area contributed by atoms with Crippen LogP contribution in [-0.2, 0) is 11.2 Å². The first-order valence-corrected chi connectivity index (χ1v) is 9.05. The van der Waals surface area contributed by atoms with Gasteiger partial charge in [-0.15, -0.1) is 0 Å². The minimum Gasteiger partial charge on any atom is -0.493 e. The zero-order valence-electron chi connectivity index (χ0n) is 15.7. The number of aryl methyl sites for hydroxylation is 1. The van der Waals surface area contributed by atoms with E-state index < -0.39 is 0 Å². The number of methoxy groups -OCH3 is 2. The van der Waals surface area contributed by atoms with Crippen molar-refractivity contribution in [1.82, 2.24) is 0 Å². The van der Waals surface area contributed by atoms with Crippen LogP contribution in [0.15, 0.2) is 30.3 Å². The van der Waals surface area contributed by atoms with Crippen LogP contribution in [0.1, 0.15) is 40.7 Å². The van der Waals surface area contributed by atoms with Crippen molar-refractivity contribution in [1.29, 1.82) is 0 Å². The zero-order valence-corrected chi connectivity index (χ0v) is 15.7. The summed E-state index contributed by atoms with van der Waals surface area (Å²) in [7, 11) is 3.09. The Morgan fingerprint density at radius 3 is 2.67 bits per heavy atom. The first kappa shape index (κ1) is 17.4. The van der Waals surface area contributed by atoms with Crippen molar-refractivity contribution in [2.45, 2.75) is 25.7 Å². The summed E-state index contributed by atoms with van der Waals surface area (Å²) in [6.07, 6.45) is 1.86. The number of nitrogens with zero attached hydrogens (tertiary/aromatic N) is 1. The van der Waals surface area contributed by atoms with Crippen LogP contribution in [-0.4, -0.2) is 32.6 Å². The fourth-order valence-corrected chi connectivity index (χ4v) is 3.95. The molecule has 140 valence electrons. The summed E-state index contributed by atoms with van der Waals surface area (Å²) in [5.41, 5.74) is 4.36. The van der Waals surface area contributed by atoms with E-state index >= 15 is 0 Å². The number of rotatable bonds is 4. The van der Waals surface area contributed by atoms with E-state index in [1.807, 2.05) is 24.0 Å². The second-order valence-corrected chi connectivity index (χ2v) is 6.91. The molecular formula is C21H22N2O4. The van der Waals surface area contributed by atoms with E-state index in [1.165, 1.54) is 7.11 Å². The minimum absolute atomic E-state index is 0.148. The Labute approximate surface area is 158 Å². The van der Waals surface area contributed by atoms with E-state index in [0.29, 0.717) is 22.7 Å². The summed E-state index contributed by atoms with van der Waals surface area (Å²) in [4.78, 5) is 27.1. The van der Waals surface area contributed by atoms with E-state index in [0.717, 1.165) is 36.2 Å². The quantitative estimate of drug-likeness (QED) is 0.901. The maximum atomic E-state index is 12.7. The average molecular weight is 366 g/mol. The van der Waals surface area contributed by atoms with E-state index in [-0.39, 0.29) is 17.7 Å². The average Bonchev–Trinajstić information content (AvgIpc) is 2.94. The van der Waals surface area contributed by atoms with Crippen molar-refractivity contribution >= 4 is 23.2 Å². The number of amides is 2. The third kappa shape index (κ3) is 2.81. The molecule has 1 N–H and O–H groups in total. The second kappa shape index (κ2) is 6.61. The predicted octanol–water partition coefficient (Wildman–Crippen LogP) is 3.35. The molecular weight excluding hydrogens is 344 g/mol. The largest absolute Gasteiger partial charge is 0.493 e. The molecule has 0 bridgehead atoms. The summed E-state index contributed by atoms with van der Waals surface area (Å²) in [6.45, 7) is 2.71. The topological polar surface area (TPSA) is 67.9 Å². The zero-order chi connectivity index (χ0) is 19.1. The molecule has 0 aliphatic carbocycles. The molecule has 6 heteroatoms. The first-order valence-electron chi connectivity index (χ1n) is 9.05. The fourth-order valence-electron chi connectivity index (χ4n) is 3.95. The van der Waals surface area contributed by atoms with Crippen molar-refractivity contribution in [3.8, 4) is 11.5 Å². The van der Waals surface area contributed by atoms with Crippen molar-refractivity contribution in [2.24, 2.45) is 0 Å². The molecule has 2 aromatic rings. The summed E-state index contributed by atoms with van der Waals surface area (Å²) in [6, 6.07) is 8.96. The molecule has 2 aromatic carbocycles. The molecule has 0 aromatic heterocycles. The van der Waals surface area contributed by atoms with Crippen LogP contribution in [0.25, 0.3) is 0 Å². The monoisotopic (exact) mass is 366 g/mol. The van der Waals surface area contributed by atoms with E-state index in [4.69, 9.17) is 9.47 Å². The Balaban J connectivity index is 1.64. The van der Waals surface area contributed by atoms with Gasteiger partial charge in [-0.05, 0) is 61.2 Å². The second-order valence-electron chi connectivity index (χ2n) is 6.91. The number of hydrogen-bond acceptors (Lipinski definition) is 4. The third-order valence-corrected chi connectivity index (χ3v) is 5.32. The Hall–Kier alpha value is -3.02. The van der Waals surface area contributed by atoms with Crippen LogP contribution in [0.2, 0.25) is 0 Å². The maximum Gasteiger partial charge on any atom is 0.255 e. The standard InChI is InChI=1S/C21H22N2O4/c1-12-16-11-15(9-13-5-4-8-23(19(13)16)21(12)25)22-20(24)14-6-7-17(26-2)18(10-14)27-3/h6-7,9-12H,4-5,8H2,1-3H3,(H,22,24)/t12-/m1/s1. The van der Waals surface area contributed by atoms with Crippen LogP contribution in [0.5, 0.6) is 11.5 Å². The molecule has 0 radical (unpaired) electrons. The van der Waals surface area contributed by atoms with Crippen LogP contribution < -0.4 is 19.7 Å². The Bertz CT molecular complexity index is 938. The highest BCUT2D eigenvalue weighted by Crippen LogP contribution is 2.44. The van der Waals surface area contributed by atoms with Gasteiger partial charge in [-0.25, -0.2) is 0 Å². The lowest BCUT2D eigenvalue weighted by Crippen LogP contribution is -2.32. The Morgan fingerprint density at radius 2 is 1.93 bits per heavy atom. The van der Waals surface area contributed by atoms with Gasteiger partial charge in [-0.1, -0.05) is 0 Å². The molecule has 1 atom stereocenters. The number of benzene rings is 2. The number of nitrogens with one attached hydrogen (secondary N) is 1.